The molecule has 2 heterocycles. The standard InChI is InChI=1S/C10H20N2O/c1-8-2-4-12(6-10(8)11)9-3-5-13-7-9/h8-10H,2-7,11H2,1H3. The Morgan fingerprint density at radius 1 is 1.38 bits per heavy atom. The first-order valence-electron chi connectivity index (χ1n) is 5.35. The summed E-state index contributed by atoms with van der Waals surface area (Å²) in [6.07, 6.45) is 2.44. The van der Waals surface area contributed by atoms with E-state index >= 15 is 0 Å². The van der Waals surface area contributed by atoms with Crippen LogP contribution in [0.15, 0.2) is 0 Å². The van der Waals surface area contributed by atoms with Gasteiger partial charge in [0.1, 0.15) is 0 Å². The zero-order valence-corrected chi connectivity index (χ0v) is 8.41. The molecular formula is C10H20N2O. The van der Waals surface area contributed by atoms with Crippen LogP contribution in [0.4, 0.5) is 0 Å². The fraction of sp³-hybridized carbons (Fsp3) is 1.00. The average molecular weight is 184 g/mol. The summed E-state index contributed by atoms with van der Waals surface area (Å²) in [4.78, 5) is 2.51. The fourth-order valence-electron chi connectivity index (χ4n) is 2.27. The number of likely N-dealkylation sites (tertiary alicyclic amines) is 1. The second-order valence-electron chi connectivity index (χ2n) is 4.44. The van der Waals surface area contributed by atoms with E-state index in [4.69, 9.17) is 10.5 Å². The third-order valence-corrected chi connectivity index (χ3v) is 3.47. The molecular weight excluding hydrogens is 164 g/mol. The Morgan fingerprint density at radius 2 is 2.23 bits per heavy atom. The Kier molecular flexibility index (Phi) is 2.86. The van der Waals surface area contributed by atoms with Gasteiger partial charge in [0.25, 0.3) is 0 Å². The van der Waals surface area contributed by atoms with Crippen molar-refractivity contribution in [3.63, 3.8) is 0 Å². The summed E-state index contributed by atoms with van der Waals surface area (Å²) in [5.74, 6) is 0.693. The van der Waals surface area contributed by atoms with Crippen LogP contribution in [0.25, 0.3) is 0 Å². The SMILES string of the molecule is CC1CCN(C2CCOC2)CC1N. The quantitative estimate of drug-likeness (QED) is 0.643. The van der Waals surface area contributed by atoms with Gasteiger partial charge in [-0.15, -0.1) is 0 Å². The monoisotopic (exact) mass is 184 g/mol. The Bertz CT molecular complexity index is 168. The topological polar surface area (TPSA) is 38.5 Å². The first kappa shape index (κ1) is 9.44. The molecule has 0 aromatic carbocycles. The second-order valence-corrected chi connectivity index (χ2v) is 4.44. The molecule has 3 nitrogen and oxygen atoms in total. The molecule has 0 bridgehead atoms. The maximum Gasteiger partial charge on any atom is 0.0622 e. The van der Waals surface area contributed by atoms with E-state index in [9.17, 15) is 0 Å². The van der Waals surface area contributed by atoms with Crippen LogP contribution in [0.2, 0.25) is 0 Å². The molecule has 3 unspecified atom stereocenters. The number of nitrogens with zero attached hydrogens (tertiary/aromatic N) is 1. The van der Waals surface area contributed by atoms with Gasteiger partial charge in [0.05, 0.1) is 6.61 Å². The Hall–Kier alpha value is -0.120. The highest BCUT2D eigenvalue weighted by Gasteiger charge is 2.29. The Balaban J connectivity index is 1.87. The predicted molar refractivity (Wildman–Crippen MR) is 52.6 cm³/mol. The summed E-state index contributed by atoms with van der Waals surface area (Å²) in [5, 5.41) is 0. The molecule has 0 aliphatic carbocycles. The normalized spacial score (nSPS) is 42.5. The van der Waals surface area contributed by atoms with Crippen LogP contribution in [0.3, 0.4) is 0 Å². The maximum absolute atomic E-state index is 6.05. The van der Waals surface area contributed by atoms with Crippen LogP contribution < -0.4 is 5.73 Å². The van der Waals surface area contributed by atoms with Gasteiger partial charge in [-0.05, 0) is 25.3 Å². The molecule has 13 heavy (non-hydrogen) atoms. The highest BCUT2D eigenvalue weighted by molar-refractivity contribution is 4.85. The van der Waals surface area contributed by atoms with Gasteiger partial charge in [-0.1, -0.05) is 6.92 Å². The zero-order chi connectivity index (χ0) is 9.26. The van der Waals surface area contributed by atoms with E-state index < -0.39 is 0 Å². The lowest BCUT2D eigenvalue weighted by Gasteiger charge is -2.38. The minimum absolute atomic E-state index is 0.370. The molecule has 3 atom stereocenters. The summed E-state index contributed by atoms with van der Waals surface area (Å²) in [7, 11) is 0. The van der Waals surface area contributed by atoms with Gasteiger partial charge in [0.15, 0.2) is 0 Å². The van der Waals surface area contributed by atoms with Crippen molar-refractivity contribution < 1.29 is 4.74 Å². The highest BCUT2D eigenvalue weighted by atomic mass is 16.5. The van der Waals surface area contributed by atoms with E-state index in [1.807, 2.05) is 0 Å². The number of hydrogen-bond acceptors (Lipinski definition) is 3. The number of hydrogen-bond donors (Lipinski definition) is 1. The van der Waals surface area contributed by atoms with Crippen LogP contribution in [0.1, 0.15) is 19.8 Å². The minimum Gasteiger partial charge on any atom is -0.380 e. The van der Waals surface area contributed by atoms with Gasteiger partial charge >= 0.3 is 0 Å². The van der Waals surface area contributed by atoms with Gasteiger partial charge in [-0.25, -0.2) is 0 Å². The average Bonchev–Trinajstić information content (AvgIpc) is 2.62. The minimum atomic E-state index is 0.370. The van der Waals surface area contributed by atoms with Crippen molar-refractivity contribution in [2.24, 2.45) is 11.7 Å². The maximum atomic E-state index is 6.05. The van der Waals surface area contributed by atoms with Crippen LogP contribution >= 0.6 is 0 Å². The number of ether oxygens (including phenoxy) is 1. The number of nitrogens with two attached hydrogens (primary N) is 1. The summed E-state index contributed by atoms with van der Waals surface area (Å²) >= 11 is 0. The zero-order valence-electron chi connectivity index (χ0n) is 8.41. The third-order valence-electron chi connectivity index (χ3n) is 3.47. The molecule has 2 N–H and O–H groups in total. The molecule has 2 aliphatic rings. The van der Waals surface area contributed by atoms with E-state index in [-0.39, 0.29) is 0 Å². The molecule has 0 spiro atoms. The number of rotatable bonds is 1. The fourth-order valence-corrected chi connectivity index (χ4v) is 2.27. The summed E-state index contributed by atoms with van der Waals surface area (Å²) < 4.78 is 5.39. The Morgan fingerprint density at radius 3 is 2.85 bits per heavy atom. The predicted octanol–water partition coefficient (Wildman–Crippen LogP) is 0.444. The lowest BCUT2D eigenvalue weighted by Crippen LogP contribution is -2.51. The first-order valence-corrected chi connectivity index (χ1v) is 5.35. The molecule has 76 valence electrons. The number of piperidine rings is 1. The van der Waals surface area contributed by atoms with Crippen LogP contribution in [-0.2, 0) is 4.74 Å². The van der Waals surface area contributed by atoms with Crippen molar-refractivity contribution in [1.82, 2.24) is 4.90 Å². The summed E-state index contributed by atoms with van der Waals surface area (Å²) in [6.45, 7) is 6.39. The molecule has 0 saturated carbocycles. The molecule has 3 heteroatoms. The first-order chi connectivity index (χ1) is 6.27. The van der Waals surface area contributed by atoms with Gasteiger partial charge in [0.2, 0.25) is 0 Å². The second kappa shape index (κ2) is 3.95. The van der Waals surface area contributed by atoms with Crippen LogP contribution in [-0.4, -0.2) is 43.3 Å². The molecule has 2 fully saturated rings. The van der Waals surface area contributed by atoms with Crippen LogP contribution in [0.5, 0.6) is 0 Å². The van der Waals surface area contributed by atoms with E-state index in [0.717, 1.165) is 19.8 Å². The van der Waals surface area contributed by atoms with Crippen molar-refractivity contribution in [3.8, 4) is 0 Å². The van der Waals surface area contributed by atoms with E-state index in [1.54, 1.807) is 0 Å². The molecule has 0 radical (unpaired) electrons. The molecule has 0 aromatic rings. The van der Waals surface area contributed by atoms with E-state index in [0.29, 0.717) is 18.0 Å². The van der Waals surface area contributed by atoms with Gasteiger partial charge in [-0.2, -0.15) is 0 Å². The van der Waals surface area contributed by atoms with Crippen molar-refractivity contribution in [2.75, 3.05) is 26.3 Å². The lowest BCUT2D eigenvalue weighted by molar-refractivity contribution is 0.102. The molecule has 0 amide bonds. The van der Waals surface area contributed by atoms with Crippen LogP contribution in [0, 0.1) is 5.92 Å². The Labute approximate surface area is 80.2 Å². The van der Waals surface area contributed by atoms with Gasteiger partial charge < -0.3 is 10.5 Å². The molecule has 2 aliphatic heterocycles. The third kappa shape index (κ3) is 2.03. The van der Waals surface area contributed by atoms with Gasteiger partial charge in [0, 0.05) is 25.2 Å². The van der Waals surface area contributed by atoms with Crippen molar-refractivity contribution in [3.05, 3.63) is 0 Å². The molecule has 2 saturated heterocycles. The summed E-state index contributed by atoms with van der Waals surface area (Å²) in [5.41, 5.74) is 6.05. The van der Waals surface area contributed by atoms with Crippen molar-refractivity contribution >= 4 is 0 Å². The lowest BCUT2D eigenvalue weighted by atomic mass is 9.93. The van der Waals surface area contributed by atoms with Gasteiger partial charge in [-0.3, -0.25) is 4.90 Å². The van der Waals surface area contributed by atoms with E-state index in [1.165, 1.54) is 19.4 Å². The smallest absolute Gasteiger partial charge is 0.0622 e. The van der Waals surface area contributed by atoms with Crippen molar-refractivity contribution in [2.45, 2.75) is 31.8 Å². The molecule has 2 rings (SSSR count). The van der Waals surface area contributed by atoms with Crippen molar-refractivity contribution in [1.29, 1.82) is 0 Å². The summed E-state index contributed by atoms with van der Waals surface area (Å²) in [6, 6.07) is 1.02. The van der Waals surface area contributed by atoms with E-state index in [2.05, 4.69) is 11.8 Å². The highest BCUT2D eigenvalue weighted by Crippen LogP contribution is 2.21. The largest absolute Gasteiger partial charge is 0.380 e. The molecule has 0 aromatic heterocycles.